The summed E-state index contributed by atoms with van der Waals surface area (Å²) in [4.78, 5) is 88.9. The largest absolute Gasteiger partial charge is 0.480 e. The van der Waals surface area contributed by atoms with E-state index in [0.29, 0.717) is 5.75 Å². The molecule has 0 aromatic heterocycles. The van der Waals surface area contributed by atoms with Crippen LogP contribution in [0.5, 0.6) is 0 Å². The third-order valence-corrected chi connectivity index (χ3v) is 10.1. The highest BCUT2D eigenvalue weighted by Crippen LogP contribution is 2.37. The van der Waals surface area contributed by atoms with Crippen LogP contribution < -0.4 is 10.6 Å². The summed E-state index contributed by atoms with van der Waals surface area (Å²) in [5.74, 6) is -3.65. The van der Waals surface area contributed by atoms with Gasteiger partial charge in [0.15, 0.2) is 0 Å². The first-order chi connectivity index (χ1) is 21.4. The summed E-state index contributed by atoms with van der Waals surface area (Å²) in [5, 5.41) is 13.9. The molecule has 3 N–H and O–H groups in total. The molecule has 238 valence electrons. The number of aliphatic carboxylic acids is 1. The fourth-order valence-electron chi connectivity index (χ4n) is 4.72. The predicted octanol–water partition coefficient (Wildman–Crippen LogP) is 3.30. The average molecular weight is 657 g/mol. The number of ether oxygens (including phenoxy) is 1. The van der Waals surface area contributed by atoms with Crippen LogP contribution >= 0.6 is 21.6 Å². The van der Waals surface area contributed by atoms with Crippen LogP contribution in [0.1, 0.15) is 59.4 Å². The lowest BCUT2D eigenvalue weighted by atomic mass is 10.0. The van der Waals surface area contributed by atoms with Gasteiger partial charge in [0, 0.05) is 25.1 Å². The van der Waals surface area contributed by atoms with Gasteiger partial charge in [0.05, 0.1) is 21.6 Å². The van der Waals surface area contributed by atoms with Crippen molar-refractivity contribution >= 4 is 68.9 Å². The van der Waals surface area contributed by atoms with Crippen molar-refractivity contribution in [1.29, 1.82) is 0 Å². The highest BCUT2D eigenvalue weighted by Gasteiger charge is 2.45. The normalized spacial score (nSPS) is 16.2. The molecular formula is C30H32N4O9S2. The van der Waals surface area contributed by atoms with Gasteiger partial charge >= 0.3 is 12.1 Å². The number of hydrogen-bond acceptors (Lipinski definition) is 10. The van der Waals surface area contributed by atoms with Crippen LogP contribution in [0, 0.1) is 0 Å². The van der Waals surface area contributed by atoms with Crippen LogP contribution in [0.3, 0.4) is 0 Å². The summed E-state index contributed by atoms with van der Waals surface area (Å²) in [7, 11) is 2.78. The van der Waals surface area contributed by atoms with Crippen molar-refractivity contribution in [3.8, 4) is 0 Å². The highest BCUT2D eigenvalue weighted by atomic mass is 33.1. The maximum absolute atomic E-state index is 13.2. The molecule has 6 amide bonds. The molecule has 13 nitrogen and oxygen atoms in total. The van der Waals surface area contributed by atoms with Crippen molar-refractivity contribution in [2.24, 2.45) is 0 Å². The van der Waals surface area contributed by atoms with Crippen molar-refractivity contribution in [3.63, 3.8) is 0 Å². The number of carbonyl (C=O) groups excluding carboxylic acids is 6. The van der Waals surface area contributed by atoms with Gasteiger partial charge in [0.25, 0.3) is 11.8 Å². The van der Waals surface area contributed by atoms with Crippen molar-refractivity contribution in [3.05, 3.63) is 65.2 Å². The molecule has 2 aliphatic heterocycles. The number of amides is 6. The zero-order chi connectivity index (χ0) is 32.7. The van der Waals surface area contributed by atoms with Crippen LogP contribution in [0.25, 0.3) is 0 Å². The Balaban J connectivity index is 1.26. The molecule has 0 radical (unpaired) electrons. The summed E-state index contributed by atoms with van der Waals surface area (Å²) in [5.41, 5.74) is 0.830. The first kappa shape index (κ1) is 33.5. The van der Waals surface area contributed by atoms with Gasteiger partial charge in [-0.15, -0.1) is 0 Å². The van der Waals surface area contributed by atoms with Crippen molar-refractivity contribution in [2.45, 2.75) is 50.4 Å². The number of carbonyl (C=O) groups is 7. The number of hydrogen-bond donors (Lipinski definition) is 3. The van der Waals surface area contributed by atoms with Gasteiger partial charge in [-0.3, -0.25) is 44.3 Å². The van der Waals surface area contributed by atoms with Crippen LogP contribution in [0.15, 0.2) is 48.5 Å². The Morgan fingerprint density at radius 2 is 1.80 bits per heavy atom. The Hall–Kier alpha value is -4.37. The van der Waals surface area contributed by atoms with Gasteiger partial charge < -0.3 is 14.7 Å². The molecule has 1 unspecified atom stereocenters. The quantitative estimate of drug-likeness (QED) is 0.164. The van der Waals surface area contributed by atoms with E-state index in [1.165, 1.54) is 44.7 Å². The molecule has 1 saturated heterocycles. The number of nitrogens with one attached hydrogen (secondary N) is 2. The fraction of sp³-hybridized carbons (Fsp3) is 0.367. The zero-order valence-corrected chi connectivity index (χ0v) is 26.2. The first-order valence-electron chi connectivity index (χ1n) is 14.0. The van der Waals surface area contributed by atoms with Gasteiger partial charge in [-0.1, -0.05) is 58.0 Å². The number of fused-ring (bicyclic) bond motifs is 1. The molecule has 2 aromatic carbocycles. The lowest BCUT2D eigenvalue weighted by Gasteiger charge is -2.27. The van der Waals surface area contributed by atoms with Crippen molar-refractivity contribution in [2.75, 3.05) is 24.2 Å². The molecule has 0 spiro atoms. The van der Waals surface area contributed by atoms with Crippen LogP contribution in [0.4, 0.5) is 10.5 Å². The second-order valence-electron chi connectivity index (χ2n) is 10.9. The monoisotopic (exact) mass is 656 g/mol. The van der Waals surface area contributed by atoms with E-state index >= 15 is 0 Å². The zero-order valence-electron chi connectivity index (χ0n) is 24.6. The fourth-order valence-corrected chi connectivity index (χ4v) is 7.08. The van der Waals surface area contributed by atoms with E-state index in [-0.39, 0.29) is 55.1 Å². The topological polar surface area (TPSA) is 179 Å². The molecule has 2 aromatic rings. The minimum atomic E-state index is -1.13. The SMILES string of the molecule is CC(C)(COC(=O)Nc1cccc2c1C(=O)N(C1CCC(=O)NC1=O)C2=O)SSCCC(=O)N(CC(=O)O)Cc1ccccc1. The molecule has 15 heteroatoms. The predicted molar refractivity (Wildman–Crippen MR) is 166 cm³/mol. The van der Waals surface area contributed by atoms with Crippen molar-refractivity contribution < 1.29 is 43.4 Å². The number of piperidine rings is 1. The highest BCUT2D eigenvalue weighted by molar-refractivity contribution is 8.77. The van der Waals surface area contributed by atoms with Gasteiger partial charge in [0.2, 0.25) is 17.7 Å². The smallest absolute Gasteiger partial charge is 0.411 e. The van der Waals surface area contributed by atoms with E-state index in [1.54, 1.807) is 0 Å². The van der Waals surface area contributed by atoms with Crippen LogP contribution in [-0.4, -0.2) is 86.2 Å². The van der Waals surface area contributed by atoms with Crippen LogP contribution in [-0.2, 0) is 30.5 Å². The summed E-state index contributed by atoms with van der Waals surface area (Å²) >= 11 is 0. The Labute approximate surface area is 266 Å². The number of imide groups is 2. The second kappa shape index (κ2) is 14.6. The van der Waals surface area contributed by atoms with E-state index in [2.05, 4.69) is 10.6 Å². The molecule has 0 aliphatic carbocycles. The third-order valence-electron chi connectivity index (χ3n) is 6.83. The van der Waals surface area contributed by atoms with Gasteiger partial charge in [-0.05, 0) is 38.0 Å². The Kier molecular flexibility index (Phi) is 10.9. The lowest BCUT2D eigenvalue weighted by molar-refractivity contribution is -0.144. The Morgan fingerprint density at radius 3 is 2.49 bits per heavy atom. The summed E-state index contributed by atoms with van der Waals surface area (Å²) in [6, 6.07) is 12.3. The van der Waals surface area contributed by atoms with E-state index in [9.17, 15) is 38.7 Å². The maximum atomic E-state index is 13.2. The minimum absolute atomic E-state index is 0.00807. The number of carboxylic acid groups (broad SMARTS) is 1. The van der Waals surface area contributed by atoms with E-state index < -0.39 is 53.0 Å². The molecule has 2 aliphatic rings. The van der Waals surface area contributed by atoms with Crippen molar-refractivity contribution in [1.82, 2.24) is 15.1 Å². The molecule has 1 fully saturated rings. The number of carboxylic acids is 1. The van der Waals surface area contributed by atoms with E-state index in [4.69, 9.17) is 4.74 Å². The molecule has 0 saturated carbocycles. The first-order valence-corrected chi connectivity index (χ1v) is 16.3. The second-order valence-corrected chi connectivity index (χ2v) is 14.0. The van der Waals surface area contributed by atoms with E-state index in [0.717, 1.165) is 10.5 Å². The van der Waals surface area contributed by atoms with Crippen LogP contribution in [0.2, 0.25) is 0 Å². The third kappa shape index (κ3) is 8.63. The number of benzene rings is 2. The molecule has 4 rings (SSSR count). The summed E-state index contributed by atoms with van der Waals surface area (Å²) in [6.45, 7) is 3.43. The number of nitrogens with zero attached hydrogens (tertiary/aromatic N) is 2. The summed E-state index contributed by atoms with van der Waals surface area (Å²) < 4.78 is 4.81. The standard InChI is InChI=1S/C30H32N4O9S2/c1-30(2,45-44-14-13-23(36)33(16-24(37)38)15-18-7-4-3-5-8-18)17-43-29(42)31-20-10-6-9-19-25(20)28(41)34(27(19)40)21-11-12-22(35)32-26(21)39/h3-10,21H,11-17H2,1-2H3,(H,31,42)(H,37,38)(H,32,35,39). The number of rotatable bonds is 13. The average Bonchev–Trinajstić information content (AvgIpc) is 3.24. The van der Waals surface area contributed by atoms with Gasteiger partial charge in [-0.25, -0.2) is 4.79 Å². The molecule has 2 heterocycles. The van der Waals surface area contributed by atoms with E-state index in [1.807, 2.05) is 44.2 Å². The Bertz CT molecular complexity index is 1520. The van der Waals surface area contributed by atoms with Gasteiger partial charge in [0.1, 0.15) is 19.2 Å². The lowest BCUT2D eigenvalue weighted by Crippen LogP contribution is -2.54. The Morgan fingerprint density at radius 1 is 1.07 bits per heavy atom. The maximum Gasteiger partial charge on any atom is 0.411 e. The molecule has 45 heavy (non-hydrogen) atoms. The minimum Gasteiger partial charge on any atom is -0.480 e. The summed E-state index contributed by atoms with van der Waals surface area (Å²) in [6.07, 6.45) is -0.742. The molecular weight excluding hydrogens is 624 g/mol. The number of anilines is 1. The van der Waals surface area contributed by atoms with Gasteiger partial charge in [-0.2, -0.15) is 0 Å². The molecule has 0 bridgehead atoms. The molecule has 1 atom stereocenters.